The first-order chi connectivity index (χ1) is 13.7. The van der Waals surface area contributed by atoms with Gasteiger partial charge in [0.25, 0.3) is 0 Å². The van der Waals surface area contributed by atoms with Crippen LogP contribution in [0.5, 0.6) is 0 Å². The topological polar surface area (TPSA) is 35.8 Å². The number of anilines is 1. The minimum Gasteiger partial charge on any atom is -0.381 e. The van der Waals surface area contributed by atoms with Gasteiger partial charge < -0.3 is 5.32 Å². The van der Waals surface area contributed by atoms with E-state index < -0.39 is 0 Å². The molecule has 3 aromatic rings. The van der Waals surface area contributed by atoms with Gasteiger partial charge in [0.2, 0.25) is 0 Å². The van der Waals surface area contributed by atoms with Crippen LogP contribution in [-0.2, 0) is 13.0 Å². The Kier molecular flexibility index (Phi) is 6.44. The van der Waals surface area contributed by atoms with Crippen molar-refractivity contribution in [3.05, 3.63) is 120 Å². The first-order valence-corrected chi connectivity index (χ1v) is 9.40. The molecule has 0 bridgehead atoms. The molecule has 2 nitrogen and oxygen atoms in total. The third-order valence-electron chi connectivity index (χ3n) is 4.72. The van der Waals surface area contributed by atoms with Crippen molar-refractivity contribution in [3.63, 3.8) is 0 Å². The largest absolute Gasteiger partial charge is 0.381 e. The highest BCUT2D eigenvalue weighted by molar-refractivity contribution is 5.78. The predicted molar refractivity (Wildman–Crippen MR) is 118 cm³/mol. The molecule has 0 atom stereocenters. The van der Waals surface area contributed by atoms with Gasteiger partial charge in [0.1, 0.15) is 0 Å². The van der Waals surface area contributed by atoms with Crippen molar-refractivity contribution in [1.29, 1.82) is 5.26 Å². The van der Waals surface area contributed by atoms with Crippen molar-refractivity contribution in [2.75, 3.05) is 5.32 Å². The Morgan fingerprint density at radius 1 is 0.821 bits per heavy atom. The molecule has 0 aromatic heterocycles. The molecule has 0 unspecified atom stereocenters. The van der Waals surface area contributed by atoms with Gasteiger partial charge in [0.15, 0.2) is 0 Å². The summed E-state index contributed by atoms with van der Waals surface area (Å²) in [6.07, 6.45) is 1.55. The highest BCUT2D eigenvalue weighted by atomic mass is 14.9. The number of benzene rings is 3. The van der Waals surface area contributed by atoms with Gasteiger partial charge >= 0.3 is 0 Å². The predicted octanol–water partition coefficient (Wildman–Crippen LogP) is 6.37. The van der Waals surface area contributed by atoms with E-state index in [1.165, 1.54) is 11.1 Å². The molecule has 0 aliphatic heterocycles. The number of rotatable bonds is 8. The van der Waals surface area contributed by atoms with E-state index in [0.29, 0.717) is 12.0 Å². The molecule has 0 saturated heterocycles. The molecular formula is C26H24N2. The van der Waals surface area contributed by atoms with Crippen LogP contribution in [0.1, 0.15) is 28.7 Å². The highest BCUT2D eigenvalue weighted by Crippen LogP contribution is 2.22. The number of hydrogen-bond donors (Lipinski definition) is 1. The van der Waals surface area contributed by atoms with Crippen molar-refractivity contribution in [2.45, 2.75) is 19.4 Å². The number of nitriles is 1. The monoisotopic (exact) mass is 364 g/mol. The first-order valence-electron chi connectivity index (χ1n) is 9.40. The van der Waals surface area contributed by atoms with E-state index in [-0.39, 0.29) is 0 Å². The van der Waals surface area contributed by atoms with Crippen molar-refractivity contribution in [2.24, 2.45) is 0 Å². The molecule has 1 N–H and O–H groups in total. The number of nitrogens with zero attached hydrogens (tertiary/aromatic N) is 1. The molecule has 138 valence electrons. The van der Waals surface area contributed by atoms with Crippen molar-refractivity contribution < 1.29 is 0 Å². The Morgan fingerprint density at radius 2 is 1.54 bits per heavy atom. The van der Waals surface area contributed by atoms with E-state index in [1.807, 2.05) is 18.2 Å². The van der Waals surface area contributed by atoms with Crippen LogP contribution in [-0.4, -0.2) is 0 Å². The zero-order valence-electron chi connectivity index (χ0n) is 16.0. The maximum atomic E-state index is 8.79. The number of allylic oxidation sites excluding steroid dienone is 1. The molecule has 3 rings (SSSR count). The van der Waals surface area contributed by atoms with Crippen molar-refractivity contribution in [1.82, 2.24) is 0 Å². The summed E-state index contributed by atoms with van der Waals surface area (Å²) in [7, 11) is 0. The maximum Gasteiger partial charge on any atom is 0.0940 e. The Hall–Kier alpha value is -3.57. The van der Waals surface area contributed by atoms with Crippen molar-refractivity contribution in [3.8, 4) is 6.07 Å². The lowest BCUT2D eigenvalue weighted by molar-refractivity contribution is 0.971. The normalized spacial score (nSPS) is 10.1. The number of nitrogens with one attached hydrogen (secondary N) is 1. The summed E-state index contributed by atoms with van der Waals surface area (Å²) < 4.78 is 0. The van der Waals surface area contributed by atoms with E-state index in [1.54, 1.807) is 0 Å². The van der Waals surface area contributed by atoms with E-state index in [0.717, 1.165) is 35.4 Å². The number of aryl methyl sites for hydroxylation is 1. The molecule has 0 heterocycles. The minimum absolute atomic E-state index is 0.624. The van der Waals surface area contributed by atoms with Gasteiger partial charge in [-0.05, 0) is 58.9 Å². The summed E-state index contributed by atoms with van der Waals surface area (Å²) in [5, 5.41) is 12.3. The second kappa shape index (κ2) is 9.39. The van der Waals surface area contributed by atoms with Crippen LogP contribution in [0.15, 0.2) is 97.6 Å². The lowest BCUT2D eigenvalue weighted by Crippen LogP contribution is -2.00. The Bertz CT molecular complexity index is 993. The Morgan fingerprint density at radius 3 is 2.25 bits per heavy atom. The fraction of sp³-hybridized carbons (Fsp3) is 0.115. The van der Waals surface area contributed by atoms with E-state index in [2.05, 4.69) is 85.2 Å². The summed E-state index contributed by atoms with van der Waals surface area (Å²) in [6.45, 7) is 8.73. The third-order valence-corrected chi connectivity index (χ3v) is 4.72. The lowest BCUT2D eigenvalue weighted by atomic mass is 9.98. The summed E-state index contributed by atoms with van der Waals surface area (Å²) in [4.78, 5) is 0. The van der Waals surface area contributed by atoms with Gasteiger partial charge in [0.05, 0.1) is 6.07 Å². The fourth-order valence-corrected chi connectivity index (χ4v) is 3.02. The second-order valence-electron chi connectivity index (χ2n) is 6.81. The van der Waals surface area contributed by atoms with Gasteiger partial charge in [-0.2, -0.15) is 5.26 Å². The van der Waals surface area contributed by atoms with Crippen LogP contribution >= 0.6 is 0 Å². The van der Waals surface area contributed by atoms with Crippen LogP contribution in [0.25, 0.3) is 5.57 Å². The third kappa shape index (κ3) is 5.22. The van der Waals surface area contributed by atoms with Gasteiger partial charge in [-0.3, -0.25) is 0 Å². The van der Waals surface area contributed by atoms with Crippen LogP contribution < -0.4 is 5.32 Å². The van der Waals surface area contributed by atoms with Gasteiger partial charge in [-0.25, -0.2) is 0 Å². The van der Waals surface area contributed by atoms with Crippen LogP contribution in [0.4, 0.5) is 5.69 Å². The Balaban J connectivity index is 1.60. The molecule has 2 heteroatoms. The summed E-state index contributed by atoms with van der Waals surface area (Å²) in [5.74, 6) is 0. The fourth-order valence-electron chi connectivity index (χ4n) is 3.02. The number of hydrogen-bond acceptors (Lipinski definition) is 2. The van der Waals surface area contributed by atoms with Gasteiger partial charge in [-0.1, -0.05) is 73.8 Å². The standard InChI is InChI=1S/C26H24N2/c1-20(18-27)11-12-22-13-15-26(16-14-22)28-19-23-7-6-10-25(17-23)21(2)24-8-4-3-5-9-24/h3-10,13-17,28H,1-2,11-12,19H2. The Labute approximate surface area is 167 Å². The average molecular weight is 364 g/mol. The minimum atomic E-state index is 0.624. The SMILES string of the molecule is C=C(C#N)CCc1ccc(NCc2cccc(C(=C)c3ccccc3)c2)cc1. The van der Waals surface area contributed by atoms with E-state index in [9.17, 15) is 0 Å². The molecular weight excluding hydrogens is 340 g/mol. The van der Waals surface area contributed by atoms with Gasteiger partial charge in [0, 0.05) is 17.8 Å². The summed E-state index contributed by atoms with van der Waals surface area (Å²) >= 11 is 0. The van der Waals surface area contributed by atoms with Gasteiger partial charge in [-0.15, -0.1) is 0 Å². The quantitative estimate of drug-likeness (QED) is 0.471. The molecule has 0 saturated carbocycles. The summed E-state index contributed by atoms with van der Waals surface area (Å²) in [6, 6.07) is 29.2. The zero-order chi connectivity index (χ0) is 19.8. The first kappa shape index (κ1) is 19.2. The zero-order valence-corrected chi connectivity index (χ0v) is 16.0. The van der Waals surface area contributed by atoms with Crippen LogP contribution in [0, 0.1) is 11.3 Å². The summed E-state index contributed by atoms with van der Waals surface area (Å²) in [5.41, 5.74) is 7.44. The molecule has 0 spiro atoms. The van der Waals surface area contributed by atoms with E-state index in [4.69, 9.17) is 5.26 Å². The lowest BCUT2D eigenvalue weighted by Gasteiger charge is -2.11. The molecule has 3 aromatic carbocycles. The average Bonchev–Trinajstić information content (AvgIpc) is 2.77. The molecule has 0 radical (unpaired) electrons. The van der Waals surface area contributed by atoms with Crippen molar-refractivity contribution >= 4 is 11.3 Å². The molecule has 0 aliphatic rings. The smallest absolute Gasteiger partial charge is 0.0940 e. The molecule has 0 amide bonds. The molecule has 0 aliphatic carbocycles. The second-order valence-corrected chi connectivity index (χ2v) is 6.81. The van der Waals surface area contributed by atoms with E-state index >= 15 is 0 Å². The highest BCUT2D eigenvalue weighted by Gasteiger charge is 2.03. The molecule has 28 heavy (non-hydrogen) atoms. The van der Waals surface area contributed by atoms with Crippen LogP contribution in [0.2, 0.25) is 0 Å². The molecule has 0 fully saturated rings. The maximum absolute atomic E-state index is 8.79. The van der Waals surface area contributed by atoms with Crippen LogP contribution in [0.3, 0.4) is 0 Å².